The summed E-state index contributed by atoms with van der Waals surface area (Å²) in [7, 11) is 0. The molecule has 0 aliphatic rings. The van der Waals surface area contributed by atoms with E-state index in [0.29, 0.717) is 0 Å². The molecule has 0 bridgehead atoms. The quantitative estimate of drug-likeness (QED) is 0.408. The molecule has 0 saturated carbocycles. The predicted octanol–water partition coefficient (Wildman–Crippen LogP) is 7.16. The first-order valence-electron chi connectivity index (χ1n) is 6.48. The number of hydrogen-bond acceptors (Lipinski definition) is 2. The highest BCUT2D eigenvalue weighted by molar-refractivity contribution is 9.11. The van der Waals surface area contributed by atoms with Crippen LogP contribution in [0.1, 0.15) is 10.6 Å². The van der Waals surface area contributed by atoms with E-state index in [-0.39, 0.29) is 0 Å². The Bertz CT molecular complexity index is 825. The molecule has 0 aliphatic carbocycles. The van der Waals surface area contributed by atoms with Crippen LogP contribution < -0.4 is 0 Å². The summed E-state index contributed by atoms with van der Waals surface area (Å²) < 4.78 is 2.08. The van der Waals surface area contributed by atoms with Gasteiger partial charge in [-0.15, -0.1) is 11.3 Å². The van der Waals surface area contributed by atoms with Crippen LogP contribution in [-0.4, -0.2) is 4.98 Å². The third kappa shape index (κ3) is 3.87. The zero-order valence-electron chi connectivity index (χ0n) is 11.3. The van der Waals surface area contributed by atoms with E-state index < -0.39 is 0 Å². The van der Waals surface area contributed by atoms with Gasteiger partial charge in [-0.25, -0.2) is 4.98 Å². The molecule has 5 heteroatoms. The van der Waals surface area contributed by atoms with Crippen molar-refractivity contribution in [2.75, 3.05) is 0 Å². The van der Waals surface area contributed by atoms with Crippen molar-refractivity contribution >= 4 is 66.9 Å². The minimum Gasteiger partial charge on any atom is -0.235 e. The van der Waals surface area contributed by atoms with Crippen molar-refractivity contribution in [3.8, 4) is 11.3 Å². The van der Waals surface area contributed by atoms with Crippen LogP contribution in [0.15, 0.2) is 56.8 Å². The highest BCUT2D eigenvalue weighted by Crippen LogP contribution is 2.34. The maximum atomic E-state index is 5.93. The van der Waals surface area contributed by atoms with Gasteiger partial charge < -0.3 is 0 Å². The third-order valence-corrected chi connectivity index (χ3v) is 5.40. The maximum absolute atomic E-state index is 5.93. The fourth-order valence-corrected chi connectivity index (χ4v) is 4.03. The van der Waals surface area contributed by atoms with E-state index in [1.807, 2.05) is 42.5 Å². The van der Waals surface area contributed by atoms with Crippen molar-refractivity contribution in [1.29, 1.82) is 0 Å². The second-order valence-electron chi connectivity index (χ2n) is 4.57. The summed E-state index contributed by atoms with van der Waals surface area (Å²) in [5, 5.41) is 1.68. The van der Waals surface area contributed by atoms with E-state index >= 15 is 0 Å². The summed E-state index contributed by atoms with van der Waals surface area (Å²) >= 11 is 14.6. The lowest BCUT2D eigenvalue weighted by molar-refractivity contribution is 1.38. The molecule has 0 atom stereocenters. The normalized spacial score (nSPS) is 11.2. The molecular weight excluding hydrogens is 446 g/mol. The first-order chi connectivity index (χ1) is 10.6. The Labute approximate surface area is 154 Å². The number of thiazole rings is 1. The highest BCUT2D eigenvalue weighted by atomic mass is 79.9. The lowest BCUT2D eigenvalue weighted by Gasteiger charge is -1.97. The van der Waals surface area contributed by atoms with Crippen molar-refractivity contribution in [3.63, 3.8) is 0 Å². The molecule has 110 valence electrons. The van der Waals surface area contributed by atoms with Crippen molar-refractivity contribution in [2.24, 2.45) is 0 Å². The molecule has 0 fully saturated rings. The molecule has 1 aromatic heterocycles. The second kappa shape index (κ2) is 7.09. The molecular formula is C17H10Br2ClNS. The van der Waals surface area contributed by atoms with Crippen molar-refractivity contribution in [1.82, 2.24) is 4.98 Å². The Morgan fingerprint density at radius 2 is 1.77 bits per heavy atom. The molecule has 0 aliphatic heterocycles. The topological polar surface area (TPSA) is 12.9 Å². The van der Waals surface area contributed by atoms with E-state index in [4.69, 9.17) is 11.6 Å². The van der Waals surface area contributed by atoms with E-state index in [1.54, 1.807) is 11.3 Å². The third-order valence-electron chi connectivity index (χ3n) is 2.99. The van der Waals surface area contributed by atoms with Crippen LogP contribution in [0.3, 0.4) is 0 Å². The summed E-state index contributed by atoms with van der Waals surface area (Å²) in [6.07, 6.45) is 4.08. The van der Waals surface area contributed by atoms with Gasteiger partial charge in [-0.3, -0.25) is 0 Å². The molecule has 1 nitrogen and oxygen atoms in total. The van der Waals surface area contributed by atoms with Gasteiger partial charge in [0.2, 0.25) is 0 Å². The Morgan fingerprint density at radius 3 is 2.50 bits per heavy atom. The molecule has 1 heterocycles. The van der Waals surface area contributed by atoms with Crippen molar-refractivity contribution in [2.45, 2.75) is 0 Å². The van der Waals surface area contributed by atoms with Crippen LogP contribution >= 0.6 is 54.8 Å². The highest BCUT2D eigenvalue weighted by Gasteiger charge is 2.09. The average molecular weight is 456 g/mol. The average Bonchev–Trinajstić information content (AvgIpc) is 2.87. The van der Waals surface area contributed by atoms with Crippen molar-refractivity contribution < 1.29 is 0 Å². The number of aromatic nitrogens is 1. The van der Waals surface area contributed by atoms with Gasteiger partial charge in [-0.05, 0) is 51.8 Å². The largest absolute Gasteiger partial charge is 0.235 e. The van der Waals surface area contributed by atoms with Gasteiger partial charge in [0.25, 0.3) is 0 Å². The first kappa shape index (κ1) is 15.9. The summed E-state index contributed by atoms with van der Waals surface area (Å²) in [5.41, 5.74) is 3.12. The standard InChI is InChI=1S/C17H10Br2ClNS/c18-13-3-1-2-11(10-13)4-9-15-21-16(17(19)22-15)12-5-7-14(20)8-6-12/h1-10H. The maximum Gasteiger partial charge on any atom is 0.117 e. The fraction of sp³-hybridized carbons (Fsp3) is 0. The van der Waals surface area contributed by atoms with Gasteiger partial charge in [-0.2, -0.15) is 0 Å². The summed E-state index contributed by atoms with van der Waals surface area (Å²) in [6.45, 7) is 0. The summed E-state index contributed by atoms with van der Waals surface area (Å²) in [5.74, 6) is 0. The molecule has 0 spiro atoms. The molecule has 3 aromatic rings. The number of halogens is 3. The minimum absolute atomic E-state index is 0.727. The van der Waals surface area contributed by atoms with E-state index in [0.717, 1.165) is 35.1 Å². The van der Waals surface area contributed by atoms with Crippen LogP contribution in [-0.2, 0) is 0 Å². The lowest BCUT2D eigenvalue weighted by atomic mass is 10.2. The second-order valence-corrected chi connectivity index (χ2v) is 8.27. The minimum atomic E-state index is 0.727. The molecule has 0 amide bonds. The lowest BCUT2D eigenvalue weighted by Crippen LogP contribution is -1.79. The van der Waals surface area contributed by atoms with Gasteiger partial charge in [0.1, 0.15) is 5.01 Å². The first-order valence-corrected chi connectivity index (χ1v) is 9.26. The van der Waals surface area contributed by atoms with Crippen molar-refractivity contribution in [3.05, 3.63) is 72.4 Å². The van der Waals surface area contributed by atoms with Gasteiger partial charge in [0, 0.05) is 15.1 Å². The number of rotatable bonds is 3. The predicted molar refractivity (Wildman–Crippen MR) is 103 cm³/mol. The Kier molecular flexibility index (Phi) is 5.14. The zero-order chi connectivity index (χ0) is 15.5. The van der Waals surface area contributed by atoms with Crippen LogP contribution in [0.25, 0.3) is 23.4 Å². The monoisotopic (exact) mass is 453 g/mol. The van der Waals surface area contributed by atoms with Gasteiger partial charge in [0.15, 0.2) is 0 Å². The summed E-state index contributed by atoms with van der Waals surface area (Å²) in [4.78, 5) is 4.68. The Balaban J connectivity index is 1.87. The molecule has 0 N–H and O–H groups in total. The zero-order valence-corrected chi connectivity index (χ0v) is 16.0. The van der Waals surface area contributed by atoms with Gasteiger partial charge in [0.05, 0.1) is 9.48 Å². The molecule has 0 unspecified atom stereocenters. The molecule has 0 saturated heterocycles. The molecule has 0 radical (unpaired) electrons. The van der Waals surface area contributed by atoms with E-state index in [2.05, 4.69) is 55.1 Å². The molecule has 3 rings (SSSR count). The fourth-order valence-electron chi connectivity index (χ4n) is 1.95. The smallest absolute Gasteiger partial charge is 0.117 e. The van der Waals surface area contributed by atoms with Gasteiger partial charge >= 0.3 is 0 Å². The Hall–Kier alpha value is -0.940. The molecule has 2 aromatic carbocycles. The van der Waals surface area contributed by atoms with Crippen LogP contribution in [0, 0.1) is 0 Å². The number of hydrogen-bond donors (Lipinski definition) is 0. The van der Waals surface area contributed by atoms with Crippen LogP contribution in [0.5, 0.6) is 0 Å². The number of nitrogens with zero attached hydrogens (tertiary/aromatic N) is 1. The SMILES string of the molecule is Clc1ccc(-c2nc(C=Cc3cccc(Br)c3)sc2Br)cc1. The van der Waals surface area contributed by atoms with Crippen LogP contribution in [0.4, 0.5) is 0 Å². The number of benzene rings is 2. The summed E-state index contributed by atoms with van der Waals surface area (Å²) in [6, 6.07) is 15.9. The van der Waals surface area contributed by atoms with E-state index in [1.165, 1.54) is 0 Å². The van der Waals surface area contributed by atoms with E-state index in [9.17, 15) is 0 Å². The van der Waals surface area contributed by atoms with Crippen LogP contribution in [0.2, 0.25) is 5.02 Å². The Morgan fingerprint density at radius 1 is 1.00 bits per heavy atom. The molecule has 22 heavy (non-hydrogen) atoms. The van der Waals surface area contributed by atoms with Gasteiger partial charge in [-0.1, -0.05) is 57.9 Å².